The first kappa shape index (κ1) is 15.1. The van der Waals surface area contributed by atoms with Crippen molar-refractivity contribution in [3.8, 4) is 22.8 Å². The summed E-state index contributed by atoms with van der Waals surface area (Å²) in [4.78, 5) is 0. The molecule has 0 amide bonds. The second-order valence-corrected chi connectivity index (χ2v) is 6.53. The Morgan fingerprint density at radius 2 is 1.91 bits per heavy atom. The van der Waals surface area contributed by atoms with E-state index in [4.69, 9.17) is 18.5 Å². The first-order chi connectivity index (χ1) is 10.7. The first-order valence-corrected chi connectivity index (χ1v) is 8.55. The van der Waals surface area contributed by atoms with E-state index in [2.05, 4.69) is 10.2 Å². The molecule has 0 atom stereocenters. The van der Waals surface area contributed by atoms with E-state index in [9.17, 15) is 4.57 Å². The van der Waals surface area contributed by atoms with Crippen molar-refractivity contribution in [1.29, 1.82) is 0 Å². The van der Waals surface area contributed by atoms with Gasteiger partial charge >= 0.3 is 7.60 Å². The molecule has 8 heteroatoms. The van der Waals surface area contributed by atoms with Crippen LogP contribution >= 0.6 is 7.60 Å². The van der Waals surface area contributed by atoms with Crippen LogP contribution in [0.25, 0.3) is 11.3 Å². The number of ether oxygens (including phenoxy) is 2. The fraction of sp³-hybridized carbons (Fsp3) is 0.357. The molecule has 2 aromatic rings. The zero-order chi connectivity index (χ0) is 15.6. The molecule has 3 rings (SSSR count). The molecule has 1 aliphatic rings. The number of fused-ring (bicyclic) bond motifs is 1. The molecule has 1 aliphatic heterocycles. The molecule has 0 saturated carbocycles. The van der Waals surface area contributed by atoms with Crippen LogP contribution in [0.15, 0.2) is 24.3 Å². The van der Waals surface area contributed by atoms with Crippen LogP contribution < -0.4 is 14.9 Å². The largest absolute Gasteiger partial charge is 0.454 e. The lowest BCUT2D eigenvalue weighted by Gasteiger charge is -2.14. The van der Waals surface area contributed by atoms with E-state index >= 15 is 0 Å². The minimum absolute atomic E-state index is 0.217. The SMILES string of the molecule is CCOP(=O)(OCC)c1cc(-c2ccc3c(c2)OCO3)n[nH]1. The third kappa shape index (κ3) is 2.75. The van der Waals surface area contributed by atoms with Crippen molar-refractivity contribution in [3.05, 3.63) is 24.3 Å². The highest BCUT2D eigenvalue weighted by Crippen LogP contribution is 2.46. The summed E-state index contributed by atoms with van der Waals surface area (Å²) >= 11 is 0. The number of hydrogen-bond donors (Lipinski definition) is 1. The second-order valence-electron chi connectivity index (χ2n) is 4.54. The lowest BCUT2D eigenvalue weighted by atomic mass is 10.1. The summed E-state index contributed by atoms with van der Waals surface area (Å²) in [5.41, 5.74) is 1.79. The molecular formula is C14H17N2O5P. The quantitative estimate of drug-likeness (QED) is 0.823. The zero-order valence-electron chi connectivity index (χ0n) is 12.4. The highest BCUT2D eigenvalue weighted by atomic mass is 31.2. The Bertz CT molecular complexity index is 705. The summed E-state index contributed by atoms with van der Waals surface area (Å²) < 4.78 is 33.9. The van der Waals surface area contributed by atoms with Crippen molar-refractivity contribution in [2.75, 3.05) is 20.0 Å². The van der Waals surface area contributed by atoms with Crippen molar-refractivity contribution < 1.29 is 23.1 Å². The summed E-state index contributed by atoms with van der Waals surface area (Å²) in [6.07, 6.45) is 0. The average molecular weight is 324 g/mol. The predicted molar refractivity (Wildman–Crippen MR) is 80.6 cm³/mol. The minimum atomic E-state index is -3.36. The molecule has 1 aromatic carbocycles. The van der Waals surface area contributed by atoms with Crippen LogP contribution in [-0.4, -0.2) is 30.2 Å². The van der Waals surface area contributed by atoms with Gasteiger partial charge in [0.1, 0.15) is 5.44 Å². The number of aromatic amines is 1. The number of nitrogens with one attached hydrogen (secondary N) is 1. The van der Waals surface area contributed by atoms with Gasteiger partial charge in [0.15, 0.2) is 11.5 Å². The first-order valence-electron chi connectivity index (χ1n) is 7.01. The van der Waals surface area contributed by atoms with Crippen LogP contribution in [0.2, 0.25) is 0 Å². The van der Waals surface area contributed by atoms with Gasteiger partial charge in [0.25, 0.3) is 0 Å². The predicted octanol–water partition coefficient (Wildman–Crippen LogP) is 2.70. The number of nitrogens with zero attached hydrogens (tertiary/aromatic N) is 1. The van der Waals surface area contributed by atoms with Gasteiger partial charge in [0, 0.05) is 5.56 Å². The van der Waals surface area contributed by atoms with Gasteiger partial charge in [-0.1, -0.05) is 0 Å². The van der Waals surface area contributed by atoms with Crippen LogP contribution in [-0.2, 0) is 13.6 Å². The molecule has 0 radical (unpaired) electrons. The summed E-state index contributed by atoms with van der Waals surface area (Å²) in [6.45, 7) is 4.32. The Labute approximate surface area is 128 Å². The van der Waals surface area contributed by atoms with E-state index < -0.39 is 7.60 Å². The topological polar surface area (TPSA) is 82.7 Å². The summed E-state index contributed by atoms with van der Waals surface area (Å²) in [7, 11) is -3.36. The van der Waals surface area contributed by atoms with Gasteiger partial charge < -0.3 is 18.5 Å². The van der Waals surface area contributed by atoms with Gasteiger partial charge in [-0.3, -0.25) is 9.66 Å². The van der Waals surface area contributed by atoms with E-state index in [1.165, 1.54) is 0 Å². The monoisotopic (exact) mass is 324 g/mol. The molecule has 1 aromatic heterocycles. The highest BCUT2D eigenvalue weighted by molar-refractivity contribution is 7.61. The minimum Gasteiger partial charge on any atom is -0.454 e. The van der Waals surface area contributed by atoms with Crippen LogP contribution in [0.5, 0.6) is 11.5 Å². The van der Waals surface area contributed by atoms with Crippen molar-refractivity contribution >= 4 is 13.0 Å². The summed E-state index contributed by atoms with van der Waals surface area (Å²) in [5.74, 6) is 1.37. The average Bonchev–Trinajstić information content (AvgIpc) is 3.16. The smallest absolute Gasteiger partial charge is 0.378 e. The molecule has 118 valence electrons. The van der Waals surface area contributed by atoms with Gasteiger partial charge in [-0.05, 0) is 38.1 Å². The number of rotatable bonds is 6. The van der Waals surface area contributed by atoms with Crippen molar-refractivity contribution in [2.24, 2.45) is 0 Å². The maximum Gasteiger partial charge on any atom is 0.378 e. The van der Waals surface area contributed by atoms with Crippen molar-refractivity contribution in [2.45, 2.75) is 13.8 Å². The van der Waals surface area contributed by atoms with E-state index in [0.717, 1.165) is 5.56 Å². The summed E-state index contributed by atoms with van der Waals surface area (Å²) in [5, 5.41) is 6.94. The normalized spacial score (nSPS) is 13.5. The van der Waals surface area contributed by atoms with Crippen molar-refractivity contribution in [1.82, 2.24) is 10.2 Å². The molecule has 0 spiro atoms. The van der Waals surface area contributed by atoms with E-state index in [0.29, 0.717) is 22.6 Å². The lowest BCUT2D eigenvalue weighted by molar-refractivity contribution is 0.174. The molecule has 7 nitrogen and oxygen atoms in total. The van der Waals surface area contributed by atoms with Crippen LogP contribution in [0.3, 0.4) is 0 Å². The van der Waals surface area contributed by atoms with Crippen LogP contribution in [0, 0.1) is 0 Å². The lowest BCUT2D eigenvalue weighted by Crippen LogP contribution is -2.11. The third-order valence-electron chi connectivity index (χ3n) is 3.13. The van der Waals surface area contributed by atoms with E-state index in [1.807, 2.05) is 18.2 Å². The molecule has 1 N–H and O–H groups in total. The number of hydrogen-bond acceptors (Lipinski definition) is 6. The molecular weight excluding hydrogens is 307 g/mol. The van der Waals surface area contributed by atoms with Crippen molar-refractivity contribution in [3.63, 3.8) is 0 Å². The second kappa shape index (κ2) is 6.12. The highest BCUT2D eigenvalue weighted by Gasteiger charge is 2.29. The van der Waals surface area contributed by atoms with Gasteiger partial charge in [0.05, 0.1) is 18.9 Å². The summed E-state index contributed by atoms with van der Waals surface area (Å²) in [6, 6.07) is 7.18. The fourth-order valence-electron chi connectivity index (χ4n) is 2.17. The van der Waals surface area contributed by atoms with Gasteiger partial charge in [-0.15, -0.1) is 0 Å². The molecule has 22 heavy (non-hydrogen) atoms. The van der Waals surface area contributed by atoms with Crippen LogP contribution in [0.1, 0.15) is 13.8 Å². The number of aromatic nitrogens is 2. The molecule has 0 aliphatic carbocycles. The van der Waals surface area contributed by atoms with E-state index in [1.54, 1.807) is 19.9 Å². The Kier molecular flexibility index (Phi) is 4.20. The fourth-order valence-corrected chi connectivity index (χ4v) is 3.66. The standard InChI is InChI=1S/C14H17N2O5P/c1-3-20-22(17,21-4-2)14-8-11(15-16-14)10-5-6-12-13(7-10)19-9-18-12/h5-8H,3-4,9H2,1-2H3,(H,15,16). The van der Waals surface area contributed by atoms with Gasteiger partial charge in [0.2, 0.25) is 6.79 Å². The molecule has 0 fully saturated rings. The van der Waals surface area contributed by atoms with Gasteiger partial charge in [-0.25, -0.2) is 0 Å². The molecule has 2 heterocycles. The zero-order valence-corrected chi connectivity index (χ0v) is 13.3. The third-order valence-corrected chi connectivity index (χ3v) is 5.14. The maximum atomic E-state index is 12.7. The molecule has 0 unspecified atom stereocenters. The Balaban J connectivity index is 1.91. The number of H-pyrrole nitrogens is 1. The maximum absolute atomic E-state index is 12.7. The Morgan fingerprint density at radius 1 is 1.18 bits per heavy atom. The number of benzene rings is 1. The molecule has 0 saturated heterocycles. The van der Waals surface area contributed by atoms with E-state index in [-0.39, 0.29) is 20.0 Å². The van der Waals surface area contributed by atoms with Gasteiger partial charge in [-0.2, -0.15) is 5.10 Å². The Hall–Kier alpha value is -1.82. The Morgan fingerprint density at radius 3 is 2.64 bits per heavy atom. The molecule has 0 bridgehead atoms. The van der Waals surface area contributed by atoms with Crippen LogP contribution in [0.4, 0.5) is 0 Å².